The van der Waals surface area contributed by atoms with Crippen molar-refractivity contribution in [3.63, 3.8) is 0 Å². The molecule has 1 nitrogen and oxygen atoms in total. The highest BCUT2D eigenvalue weighted by Crippen LogP contribution is 2.34. The first-order chi connectivity index (χ1) is 8.40. The summed E-state index contributed by atoms with van der Waals surface area (Å²) in [5.74, 6) is 0. The topological polar surface area (TPSA) is 23.8 Å². The molecule has 0 heterocycles. The van der Waals surface area contributed by atoms with Crippen LogP contribution in [-0.4, -0.2) is 0 Å². The summed E-state index contributed by atoms with van der Waals surface area (Å²) >= 11 is 0. The lowest BCUT2D eigenvalue weighted by Crippen LogP contribution is -1.92. The number of benzene rings is 2. The molecule has 0 N–H and O–H groups in total. The summed E-state index contributed by atoms with van der Waals surface area (Å²) in [7, 11) is 0. The Kier molecular flexibility index (Phi) is 2.42. The average Bonchev–Trinajstić information content (AvgIpc) is 2.86. The van der Waals surface area contributed by atoms with Gasteiger partial charge >= 0.3 is 0 Å². The lowest BCUT2D eigenvalue weighted by atomic mass is 9.92. The zero-order chi connectivity index (χ0) is 11.7. The number of nitriles is 1. The first-order valence-electron chi connectivity index (χ1n) is 6.00. The summed E-state index contributed by atoms with van der Waals surface area (Å²) in [5, 5.41) is 9.26. The fourth-order valence-corrected chi connectivity index (χ4v) is 2.69. The van der Waals surface area contributed by atoms with E-state index in [0.29, 0.717) is 0 Å². The van der Waals surface area contributed by atoms with E-state index in [1.165, 1.54) is 23.1 Å². The molecule has 1 heteroatoms. The van der Waals surface area contributed by atoms with Gasteiger partial charge < -0.3 is 0 Å². The molecule has 3 rings (SSSR count). The average molecular weight is 219 g/mol. The molecule has 0 fully saturated rings. The quantitative estimate of drug-likeness (QED) is 0.717. The molecule has 2 aromatic carbocycles. The molecule has 0 saturated heterocycles. The van der Waals surface area contributed by atoms with Crippen LogP contribution in [0.5, 0.6) is 0 Å². The second-order valence-electron chi connectivity index (χ2n) is 4.46. The van der Waals surface area contributed by atoms with Gasteiger partial charge in [-0.05, 0) is 42.0 Å². The number of aryl methyl sites for hydroxylation is 1. The van der Waals surface area contributed by atoms with E-state index in [1.54, 1.807) is 0 Å². The van der Waals surface area contributed by atoms with Gasteiger partial charge in [0, 0.05) is 5.56 Å². The highest BCUT2D eigenvalue weighted by atomic mass is 14.3. The van der Waals surface area contributed by atoms with E-state index in [0.717, 1.165) is 24.0 Å². The second-order valence-corrected chi connectivity index (χ2v) is 4.46. The summed E-state index contributed by atoms with van der Waals surface area (Å²) in [5.41, 5.74) is 5.93. The van der Waals surface area contributed by atoms with Gasteiger partial charge in [0.25, 0.3) is 0 Å². The molecule has 0 atom stereocenters. The Balaban J connectivity index is 2.28. The molecule has 82 valence electrons. The van der Waals surface area contributed by atoms with E-state index in [-0.39, 0.29) is 0 Å². The number of rotatable bonds is 1. The molecule has 0 saturated carbocycles. The Labute approximate surface area is 101 Å². The fraction of sp³-hybridized carbons (Fsp3) is 0.188. The molecule has 0 radical (unpaired) electrons. The van der Waals surface area contributed by atoms with Gasteiger partial charge in [-0.1, -0.05) is 36.4 Å². The van der Waals surface area contributed by atoms with Gasteiger partial charge in [0.2, 0.25) is 0 Å². The molecule has 17 heavy (non-hydrogen) atoms. The monoisotopic (exact) mass is 219 g/mol. The molecular formula is C16H13N. The van der Waals surface area contributed by atoms with Crippen molar-refractivity contribution < 1.29 is 0 Å². The summed E-state index contributed by atoms with van der Waals surface area (Å²) in [6.45, 7) is 0. The van der Waals surface area contributed by atoms with Crippen molar-refractivity contribution >= 4 is 0 Å². The van der Waals surface area contributed by atoms with Gasteiger partial charge in [0.15, 0.2) is 0 Å². The Morgan fingerprint density at radius 1 is 0.941 bits per heavy atom. The molecule has 0 unspecified atom stereocenters. The predicted octanol–water partition coefficient (Wildman–Crippen LogP) is 3.71. The summed E-state index contributed by atoms with van der Waals surface area (Å²) in [6, 6.07) is 16.7. The van der Waals surface area contributed by atoms with Crippen molar-refractivity contribution in [1.82, 2.24) is 0 Å². The Morgan fingerprint density at radius 2 is 1.76 bits per heavy atom. The third-order valence-electron chi connectivity index (χ3n) is 3.47. The van der Waals surface area contributed by atoms with Crippen LogP contribution >= 0.6 is 0 Å². The lowest BCUT2D eigenvalue weighted by molar-refractivity contribution is 0.912. The van der Waals surface area contributed by atoms with E-state index in [4.69, 9.17) is 0 Å². The molecular weight excluding hydrogens is 206 g/mol. The van der Waals surface area contributed by atoms with Crippen LogP contribution in [0.4, 0.5) is 0 Å². The first-order valence-corrected chi connectivity index (χ1v) is 6.00. The molecule has 0 aromatic heterocycles. The van der Waals surface area contributed by atoms with Crippen molar-refractivity contribution in [2.45, 2.75) is 19.3 Å². The third-order valence-corrected chi connectivity index (χ3v) is 3.47. The lowest BCUT2D eigenvalue weighted by Gasteiger charge is -2.10. The molecule has 0 spiro atoms. The predicted molar refractivity (Wildman–Crippen MR) is 68.6 cm³/mol. The first kappa shape index (κ1) is 10.1. The number of nitrogens with zero attached hydrogens (tertiary/aromatic N) is 1. The van der Waals surface area contributed by atoms with Crippen LogP contribution < -0.4 is 0 Å². The van der Waals surface area contributed by atoms with Crippen LogP contribution in [0.15, 0.2) is 42.5 Å². The Morgan fingerprint density at radius 3 is 2.53 bits per heavy atom. The van der Waals surface area contributed by atoms with Gasteiger partial charge in [-0.25, -0.2) is 0 Å². The maximum absolute atomic E-state index is 9.26. The second kappa shape index (κ2) is 4.07. The molecule has 2 aromatic rings. The van der Waals surface area contributed by atoms with Crippen LogP contribution in [0.25, 0.3) is 11.1 Å². The van der Waals surface area contributed by atoms with Crippen LogP contribution in [0.3, 0.4) is 0 Å². The van der Waals surface area contributed by atoms with Gasteiger partial charge in [0.1, 0.15) is 0 Å². The van der Waals surface area contributed by atoms with E-state index >= 15 is 0 Å². The zero-order valence-electron chi connectivity index (χ0n) is 9.61. The normalized spacial score (nSPS) is 13.1. The third kappa shape index (κ3) is 1.62. The van der Waals surface area contributed by atoms with E-state index < -0.39 is 0 Å². The van der Waals surface area contributed by atoms with Gasteiger partial charge in [0.05, 0.1) is 11.6 Å². The van der Waals surface area contributed by atoms with Crippen LogP contribution in [0, 0.1) is 11.3 Å². The molecule has 0 bridgehead atoms. The van der Waals surface area contributed by atoms with Crippen LogP contribution in [-0.2, 0) is 12.8 Å². The fourth-order valence-electron chi connectivity index (χ4n) is 2.69. The van der Waals surface area contributed by atoms with Gasteiger partial charge in [-0.3, -0.25) is 0 Å². The smallest absolute Gasteiger partial charge is 0.0998 e. The van der Waals surface area contributed by atoms with Crippen LogP contribution in [0.2, 0.25) is 0 Å². The molecule has 0 amide bonds. The highest BCUT2D eigenvalue weighted by Gasteiger charge is 2.18. The maximum Gasteiger partial charge on any atom is 0.0998 e. The highest BCUT2D eigenvalue weighted by molar-refractivity contribution is 5.75. The minimum atomic E-state index is 0.803. The standard InChI is InChI=1S/C16H13N/c17-11-14-10-9-12-7-4-8-15(12)16(14)13-5-2-1-3-6-13/h1-3,5-6,9-10H,4,7-8H2. The molecule has 1 aliphatic rings. The van der Waals surface area contributed by atoms with E-state index in [1.807, 2.05) is 24.3 Å². The van der Waals surface area contributed by atoms with E-state index in [9.17, 15) is 5.26 Å². The van der Waals surface area contributed by atoms with Crippen molar-refractivity contribution in [3.05, 3.63) is 59.2 Å². The van der Waals surface area contributed by atoms with E-state index in [2.05, 4.69) is 24.3 Å². The maximum atomic E-state index is 9.26. The summed E-state index contributed by atoms with van der Waals surface area (Å²) < 4.78 is 0. The van der Waals surface area contributed by atoms with Crippen molar-refractivity contribution in [2.24, 2.45) is 0 Å². The number of fused-ring (bicyclic) bond motifs is 1. The molecule has 0 aliphatic heterocycles. The minimum Gasteiger partial charge on any atom is -0.192 e. The Hall–Kier alpha value is -2.07. The molecule has 1 aliphatic carbocycles. The summed E-state index contributed by atoms with van der Waals surface area (Å²) in [6.07, 6.45) is 3.47. The van der Waals surface area contributed by atoms with Crippen LogP contribution in [0.1, 0.15) is 23.1 Å². The van der Waals surface area contributed by atoms with Crippen molar-refractivity contribution in [1.29, 1.82) is 5.26 Å². The van der Waals surface area contributed by atoms with Crippen molar-refractivity contribution in [2.75, 3.05) is 0 Å². The van der Waals surface area contributed by atoms with Crippen molar-refractivity contribution in [3.8, 4) is 17.2 Å². The summed E-state index contributed by atoms with van der Waals surface area (Å²) in [4.78, 5) is 0. The van der Waals surface area contributed by atoms with Gasteiger partial charge in [-0.2, -0.15) is 5.26 Å². The largest absolute Gasteiger partial charge is 0.192 e. The Bertz CT molecular complexity index is 591. The van der Waals surface area contributed by atoms with Gasteiger partial charge in [-0.15, -0.1) is 0 Å². The number of hydrogen-bond acceptors (Lipinski definition) is 1. The zero-order valence-corrected chi connectivity index (χ0v) is 9.61. The minimum absolute atomic E-state index is 0.803. The SMILES string of the molecule is N#Cc1ccc2c(c1-c1ccccc1)CCC2. The number of hydrogen-bond donors (Lipinski definition) is 0.